The Balaban J connectivity index is 1.92. The second-order valence-electron chi connectivity index (χ2n) is 6.26. The van der Waals surface area contributed by atoms with E-state index >= 15 is 0 Å². The fourth-order valence-corrected chi connectivity index (χ4v) is 4.96. The summed E-state index contributed by atoms with van der Waals surface area (Å²) in [7, 11) is 1.87. The molecule has 0 aromatic carbocycles. The quantitative estimate of drug-likeness (QED) is 0.543. The van der Waals surface area contributed by atoms with Crippen LogP contribution in [0.4, 0.5) is 0 Å². The number of hydrogen-bond acceptors (Lipinski definition) is 4. The normalized spacial score (nSPS) is 22.8. The molecule has 6 heteroatoms. The summed E-state index contributed by atoms with van der Waals surface area (Å²) in [6, 6.07) is 3.19. The summed E-state index contributed by atoms with van der Waals surface area (Å²) in [5.41, 5.74) is 1.40. The highest BCUT2D eigenvalue weighted by Gasteiger charge is 2.25. The van der Waals surface area contributed by atoms with Gasteiger partial charge in [-0.3, -0.25) is 9.89 Å². The number of thioether (sulfide) groups is 1. The van der Waals surface area contributed by atoms with Gasteiger partial charge in [0, 0.05) is 24.9 Å². The number of guanidine groups is 1. The maximum atomic E-state index is 4.44. The lowest BCUT2D eigenvalue weighted by Gasteiger charge is -2.30. The van der Waals surface area contributed by atoms with Gasteiger partial charge in [-0.25, -0.2) is 0 Å². The van der Waals surface area contributed by atoms with E-state index in [4.69, 9.17) is 0 Å². The van der Waals surface area contributed by atoms with Crippen molar-refractivity contribution in [1.82, 2.24) is 15.5 Å². The smallest absolute Gasteiger partial charge is 0.191 e. The highest BCUT2D eigenvalue weighted by atomic mass is 32.2. The molecule has 1 aromatic rings. The van der Waals surface area contributed by atoms with Gasteiger partial charge in [-0.1, -0.05) is 13.8 Å². The predicted molar refractivity (Wildman–Crippen MR) is 109 cm³/mol. The van der Waals surface area contributed by atoms with Crippen molar-refractivity contribution in [2.24, 2.45) is 4.99 Å². The molecule has 1 aliphatic carbocycles. The number of likely N-dealkylation sites (N-methyl/N-ethyl adjacent to an activating group) is 1. The van der Waals surface area contributed by atoms with E-state index in [9.17, 15) is 0 Å². The maximum Gasteiger partial charge on any atom is 0.191 e. The first-order valence-electron chi connectivity index (χ1n) is 8.97. The predicted octanol–water partition coefficient (Wildman–Crippen LogP) is 3.58. The van der Waals surface area contributed by atoms with Crippen molar-refractivity contribution in [1.29, 1.82) is 0 Å². The number of rotatable bonds is 8. The average Bonchev–Trinajstić information content (AvgIpc) is 3.28. The van der Waals surface area contributed by atoms with Crippen LogP contribution in [0.2, 0.25) is 0 Å². The molecule has 0 radical (unpaired) electrons. The Morgan fingerprint density at radius 2 is 2.21 bits per heavy atom. The molecule has 3 atom stereocenters. The lowest BCUT2D eigenvalue weighted by atomic mass is 10.1. The Morgan fingerprint density at radius 1 is 1.42 bits per heavy atom. The summed E-state index contributed by atoms with van der Waals surface area (Å²) >= 11 is 3.76. The van der Waals surface area contributed by atoms with Crippen molar-refractivity contribution in [2.45, 2.75) is 50.4 Å². The Labute approximate surface area is 155 Å². The summed E-state index contributed by atoms with van der Waals surface area (Å²) in [5, 5.41) is 12.4. The van der Waals surface area contributed by atoms with Gasteiger partial charge in [0.1, 0.15) is 0 Å². The third kappa shape index (κ3) is 5.39. The van der Waals surface area contributed by atoms with Crippen LogP contribution < -0.4 is 10.6 Å². The van der Waals surface area contributed by atoms with Gasteiger partial charge >= 0.3 is 0 Å². The Hall–Kier alpha value is -0.720. The van der Waals surface area contributed by atoms with E-state index in [1.54, 1.807) is 11.3 Å². The molecule has 1 heterocycles. The van der Waals surface area contributed by atoms with Crippen LogP contribution in [-0.4, -0.2) is 55.1 Å². The molecule has 3 unspecified atom stereocenters. The fourth-order valence-electron chi connectivity index (χ4n) is 3.45. The van der Waals surface area contributed by atoms with Gasteiger partial charge in [0.05, 0.1) is 6.04 Å². The van der Waals surface area contributed by atoms with Crippen molar-refractivity contribution >= 4 is 29.1 Å². The van der Waals surface area contributed by atoms with Crippen LogP contribution in [0, 0.1) is 0 Å². The zero-order valence-electron chi connectivity index (χ0n) is 15.4. The van der Waals surface area contributed by atoms with Crippen LogP contribution in [0.15, 0.2) is 21.8 Å². The molecule has 0 aliphatic heterocycles. The van der Waals surface area contributed by atoms with Crippen LogP contribution in [-0.2, 0) is 0 Å². The van der Waals surface area contributed by atoms with E-state index in [0.29, 0.717) is 12.1 Å². The van der Waals surface area contributed by atoms with Gasteiger partial charge < -0.3 is 10.6 Å². The van der Waals surface area contributed by atoms with Crippen LogP contribution in [0.5, 0.6) is 0 Å². The minimum absolute atomic E-state index is 0.396. The molecule has 2 rings (SSSR count). The molecule has 1 saturated carbocycles. The first-order valence-corrected chi connectivity index (χ1v) is 11.2. The molecule has 136 valence electrons. The SMILES string of the molecule is CCN(CC)C(CNC(=NC)NC1CCC(SC)C1)c1ccsc1. The highest BCUT2D eigenvalue weighted by Crippen LogP contribution is 2.28. The number of thiophene rings is 1. The highest BCUT2D eigenvalue weighted by molar-refractivity contribution is 7.99. The molecule has 1 aromatic heterocycles. The van der Waals surface area contributed by atoms with Gasteiger partial charge in [0.15, 0.2) is 5.96 Å². The second kappa shape index (κ2) is 10.3. The van der Waals surface area contributed by atoms with Crippen molar-refractivity contribution in [3.63, 3.8) is 0 Å². The van der Waals surface area contributed by atoms with Gasteiger partial charge in [0.25, 0.3) is 0 Å². The van der Waals surface area contributed by atoms with E-state index in [2.05, 4.69) is 57.5 Å². The van der Waals surface area contributed by atoms with E-state index in [1.807, 2.05) is 18.8 Å². The zero-order chi connectivity index (χ0) is 17.4. The molecule has 4 nitrogen and oxygen atoms in total. The first kappa shape index (κ1) is 19.6. The average molecular weight is 369 g/mol. The van der Waals surface area contributed by atoms with E-state index in [-0.39, 0.29) is 0 Å². The molecule has 1 fully saturated rings. The zero-order valence-corrected chi connectivity index (χ0v) is 17.1. The summed E-state index contributed by atoms with van der Waals surface area (Å²) in [5.74, 6) is 0.939. The van der Waals surface area contributed by atoms with Crippen LogP contribution in [0.3, 0.4) is 0 Å². The van der Waals surface area contributed by atoms with Crippen LogP contribution in [0.25, 0.3) is 0 Å². The van der Waals surface area contributed by atoms with Gasteiger partial charge in [-0.05, 0) is 61.0 Å². The second-order valence-corrected chi connectivity index (χ2v) is 8.18. The van der Waals surface area contributed by atoms with Crippen LogP contribution in [0.1, 0.15) is 44.7 Å². The number of aliphatic imine (C=N–C) groups is 1. The fraction of sp³-hybridized carbons (Fsp3) is 0.722. The van der Waals surface area contributed by atoms with Crippen LogP contribution >= 0.6 is 23.1 Å². The number of hydrogen-bond donors (Lipinski definition) is 2. The Bertz CT molecular complexity index is 485. The molecule has 24 heavy (non-hydrogen) atoms. The molecule has 2 N–H and O–H groups in total. The van der Waals surface area contributed by atoms with Gasteiger partial charge in [0.2, 0.25) is 0 Å². The van der Waals surface area contributed by atoms with Gasteiger partial charge in [-0.2, -0.15) is 23.1 Å². The maximum absolute atomic E-state index is 4.44. The standard InChI is InChI=1S/C18H32N4S2/c1-5-22(6-2)17(14-9-10-24-13-14)12-20-18(19-3)21-15-7-8-16(11-15)23-4/h9-10,13,15-17H,5-8,11-12H2,1-4H3,(H2,19,20,21). The monoisotopic (exact) mass is 368 g/mol. The third-order valence-electron chi connectivity index (χ3n) is 4.93. The van der Waals surface area contributed by atoms with E-state index in [1.165, 1.54) is 24.8 Å². The molecule has 0 saturated heterocycles. The topological polar surface area (TPSA) is 39.7 Å². The number of nitrogens with one attached hydrogen (secondary N) is 2. The molecular weight excluding hydrogens is 336 g/mol. The molecule has 1 aliphatic rings. The van der Waals surface area contributed by atoms with Gasteiger partial charge in [-0.15, -0.1) is 0 Å². The summed E-state index contributed by atoms with van der Waals surface area (Å²) < 4.78 is 0. The minimum atomic E-state index is 0.396. The lowest BCUT2D eigenvalue weighted by molar-refractivity contribution is 0.219. The Morgan fingerprint density at radius 3 is 2.75 bits per heavy atom. The summed E-state index contributed by atoms with van der Waals surface area (Å²) in [4.78, 5) is 6.94. The summed E-state index contributed by atoms with van der Waals surface area (Å²) in [6.07, 6.45) is 6.02. The van der Waals surface area contributed by atoms with Crippen molar-refractivity contribution in [3.8, 4) is 0 Å². The molecule has 0 amide bonds. The molecular formula is C18H32N4S2. The molecule has 0 spiro atoms. The minimum Gasteiger partial charge on any atom is -0.354 e. The summed E-state index contributed by atoms with van der Waals surface area (Å²) in [6.45, 7) is 7.47. The lowest BCUT2D eigenvalue weighted by Crippen LogP contribution is -2.46. The largest absolute Gasteiger partial charge is 0.354 e. The van der Waals surface area contributed by atoms with Crippen molar-refractivity contribution < 1.29 is 0 Å². The molecule has 0 bridgehead atoms. The van der Waals surface area contributed by atoms with E-state index in [0.717, 1.165) is 30.8 Å². The van der Waals surface area contributed by atoms with E-state index < -0.39 is 0 Å². The Kier molecular flexibility index (Phi) is 8.42. The van der Waals surface area contributed by atoms with Crippen molar-refractivity contribution in [2.75, 3.05) is 32.9 Å². The van der Waals surface area contributed by atoms with Crippen molar-refractivity contribution in [3.05, 3.63) is 22.4 Å². The third-order valence-corrected chi connectivity index (χ3v) is 6.72. The number of nitrogens with zero attached hydrogens (tertiary/aromatic N) is 2. The first-order chi connectivity index (χ1) is 11.7.